The quantitative estimate of drug-likeness (QED) is 0.773. The Hall–Kier alpha value is -1.63. The number of aliphatic hydroxyl groups excluding tert-OH is 1. The van der Waals surface area contributed by atoms with Crippen LogP contribution >= 0.6 is 11.6 Å². The highest BCUT2D eigenvalue weighted by Gasteiger charge is 2.25. The van der Waals surface area contributed by atoms with Crippen molar-refractivity contribution in [2.24, 2.45) is 5.92 Å². The zero-order valence-electron chi connectivity index (χ0n) is 12.9. The number of hydrogen-bond donors (Lipinski definition) is 3. The number of fused-ring (bicyclic) bond motifs is 1. The summed E-state index contributed by atoms with van der Waals surface area (Å²) in [6.07, 6.45) is 1.88. The first-order valence-electron chi connectivity index (χ1n) is 7.91. The smallest absolute Gasteiger partial charge is 0.224 e. The monoisotopic (exact) mass is 336 g/mol. The van der Waals surface area contributed by atoms with Crippen molar-refractivity contribution in [1.29, 1.82) is 0 Å². The van der Waals surface area contributed by atoms with Gasteiger partial charge in [-0.25, -0.2) is 4.98 Å². The lowest BCUT2D eigenvalue weighted by atomic mass is 9.97. The molecule has 6 nitrogen and oxygen atoms in total. The van der Waals surface area contributed by atoms with Gasteiger partial charge < -0.3 is 20.3 Å². The van der Waals surface area contributed by atoms with Crippen molar-refractivity contribution in [2.75, 3.05) is 26.2 Å². The van der Waals surface area contributed by atoms with Gasteiger partial charge in [0.15, 0.2) is 0 Å². The highest BCUT2D eigenvalue weighted by atomic mass is 35.5. The predicted molar refractivity (Wildman–Crippen MR) is 89.2 cm³/mol. The van der Waals surface area contributed by atoms with Crippen LogP contribution in [-0.2, 0) is 11.3 Å². The van der Waals surface area contributed by atoms with Crippen LogP contribution < -0.4 is 5.32 Å². The Balaban J connectivity index is 1.57. The molecule has 2 heterocycles. The van der Waals surface area contributed by atoms with E-state index in [-0.39, 0.29) is 18.4 Å². The molecule has 1 aromatic carbocycles. The second kappa shape index (κ2) is 7.29. The van der Waals surface area contributed by atoms with Crippen LogP contribution in [0.15, 0.2) is 18.2 Å². The number of amides is 1. The van der Waals surface area contributed by atoms with E-state index in [0.717, 1.165) is 36.2 Å². The number of H-pyrrole nitrogens is 1. The molecule has 0 bridgehead atoms. The Morgan fingerprint density at radius 2 is 2.39 bits per heavy atom. The van der Waals surface area contributed by atoms with Gasteiger partial charge in [-0.2, -0.15) is 0 Å². The summed E-state index contributed by atoms with van der Waals surface area (Å²) in [6, 6.07) is 5.47. The number of nitrogens with one attached hydrogen (secondary N) is 2. The van der Waals surface area contributed by atoms with Crippen molar-refractivity contribution in [3.8, 4) is 0 Å². The minimum absolute atomic E-state index is 0.0193. The molecule has 1 amide bonds. The fourth-order valence-corrected chi connectivity index (χ4v) is 3.22. The molecule has 0 aliphatic carbocycles. The first kappa shape index (κ1) is 16.2. The van der Waals surface area contributed by atoms with Gasteiger partial charge in [0.05, 0.1) is 30.1 Å². The zero-order chi connectivity index (χ0) is 16.2. The Morgan fingerprint density at radius 3 is 3.22 bits per heavy atom. The number of benzene rings is 1. The molecular weight excluding hydrogens is 316 g/mol. The number of hydrogen-bond acceptors (Lipinski definition) is 4. The molecule has 7 heteroatoms. The molecule has 23 heavy (non-hydrogen) atoms. The van der Waals surface area contributed by atoms with E-state index < -0.39 is 0 Å². The van der Waals surface area contributed by atoms with Gasteiger partial charge in [-0.1, -0.05) is 11.6 Å². The molecule has 0 saturated carbocycles. The van der Waals surface area contributed by atoms with Gasteiger partial charge in [0, 0.05) is 18.1 Å². The molecule has 1 unspecified atom stereocenters. The van der Waals surface area contributed by atoms with E-state index in [1.807, 2.05) is 12.1 Å². The van der Waals surface area contributed by atoms with E-state index in [1.54, 1.807) is 6.07 Å². The highest BCUT2D eigenvalue weighted by molar-refractivity contribution is 6.31. The standard InChI is InChI=1S/C16H21ClN4O2/c17-12-3-4-13-14(8-12)20-15(19-13)9-18-16(23)11-2-1-5-21(10-11)6-7-22/h3-4,8,11,22H,1-2,5-7,9-10H2,(H,18,23)(H,19,20). The number of aromatic nitrogens is 2. The SMILES string of the molecule is O=C(NCc1nc2ccc(Cl)cc2[nH]1)C1CCCN(CCO)C1. The Kier molecular flexibility index (Phi) is 5.15. The summed E-state index contributed by atoms with van der Waals surface area (Å²) in [7, 11) is 0. The summed E-state index contributed by atoms with van der Waals surface area (Å²) < 4.78 is 0. The van der Waals surface area contributed by atoms with Crippen LogP contribution in [-0.4, -0.2) is 52.1 Å². The van der Waals surface area contributed by atoms with E-state index >= 15 is 0 Å². The Morgan fingerprint density at radius 1 is 1.52 bits per heavy atom. The predicted octanol–water partition coefficient (Wildman–Crippen LogP) is 1.54. The van der Waals surface area contributed by atoms with Crippen LogP contribution in [0.25, 0.3) is 11.0 Å². The summed E-state index contributed by atoms with van der Waals surface area (Å²) in [5.41, 5.74) is 1.71. The molecule has 3 N–H and O–H groups in total. The molecule has 1 aliphatic heterocycles. The highest BCUT2D eigenvalue weighted by Crippen LogP contribution is 2.18. The molecule has 124 valence electrons. The number of carbonyl (C=O) groups is 1. The number of rotatable bonds is 5. The topological polar surface area (TPSA) is 81.2 Å². The number of likely N-dealkylation sites (tertiary alicyclic amines) is 1. The summed E-state index contributed by atoms with van der Waals surface area (Å²) in [4.78, 5) is 22.1. The van der Waals surface area contributed by atoms with Crippen LogP contribution in [0.2, 0.25) is 5.02 Å². The molecular formula is C16H21ClN4O2. The second-order valence-corrected chi connectivity index (χ2v) is 6.36. The number of imidazole rings is 1. The largest absolute Gasteiger partial charge is 0.395 e. The van der Waals surface area contributed by atoms with Crippen molar-refractivity contribution >= 4 is 28.5 Å². The van der Waals surface area contributed by atoms with Gasteiger partial charge in [-0.3, -0.25) is 4.79 Å². The van der Waals surface area contributed by atoms with Crippen molar-refractivity contribution in [2.45, 2.75) is 19.4 Å². The number of halogens is 1. The van der Waals surface area contributed by atoms with Gasteiger partial charge >= 0.3 is 0 Å². The van der Waals surface area contributed by atoms with E-state index in [2.05, 4.69) is 20.2 Å². The lowest BCUT2D eigenvalue weighted by molar-refractivity contribution is -0.127. The van der Waals surface area contributed by atoms with Gasteiger partial charge in [-0.05, 0) is 37.6 Å². The maximum absolute atomic E-state index is 12.3. The third-order valence-corrected chi connectivity index (χ3v) is 4.45. The normalized spacial score (nSPS) is 19.1. The summed E-state index contributed by atoms with van der Waals surface area (Å²) in [5, 5.41) is 12.6. The fourth-order valence-electron chi connectivity index (χ4n) is 3.05. The third-order valence-electron chi connectivity index (χ3n) is 4.22. The van der Waals surface area contributed by atoms with Crippen molar-refractivity contribution in [1.82, 2.24) is 20.2 Å². The van der Waals surface area contributed by atoms with Crippen LogP contribution in [0, 0.1) is 5.92 Å². The van der Waals surface area contributed by atoms with Gasteiger partial charge in [0.2, 0.25) is 5.91 Å². The van der Waals surface area contributed by atoms with E-state index in [1.165, 1.54) is 0 Å². The van der Waals surface area contributed by atoms with Crippen molar-refractivity contribution in [3.63, 3.8) is 0 Å². The number of piperidine rings is 1. The minimum Gasteiger partial charge on any atom is -0.395 e. The number of carbonyl (C=O) groups excluding carboxylic acids is 1. The number of aromatic amines is 1. The number of nitrogens with zero attached hydrogens (tertiary/aromatic N) is 2. The van der Waals surface area contributed by atoms with Crippen molar-refractivity contribution in [3.05, 3.63) is 29.0 Å². The van der Waals surface area contributed by atoms with Crippen LogP contribution in [0.5, 0.6) is 0 Å². The molecule has 0 radical (unpaired) electrons. The number of β-amino-alcohol motifs (C(OH)–C–C–N with tert-alkyl or cyclic N) is 1. The van der Waals surface area contributed by atoms with E-state index in [0.29, 0.717) is 24.7 Å². The molecule has 3 rings (SSSR count). The van der Waals surface area contributed by atoms with Crippen LogP contribution in [0.3, 0.4) is 0 Å². The van der Waals surface area contributed by atoms with Crippen molar-refractivity contribution < 1.29 is 9.90 Å². The maximum atomic E-state index is 12.3. The lowest BCUT2D eigenvalue weighted by Gasteiger charge is -2.31. The van der Waals surface area contributed by atoms with E-state index in [4.69, 9.17) is 16.7 Å². The molecule has 0 spiro atoms. The number of aliphatic hydroxyl groups is 1. The average molecular weight is 337 g/mol. The molecule has 2 aromatic rings. The van der Waals surface area contributed by atoms with Crippen LogP contribution in [0.1, 0.15) is 18.7 Å². The first-order chi connectivity index (χ1) is 11.2. The molecule has 1 aromatic heterocycles. The first-order valence-corrected chi connectivity index (χ1v) is 8.28. The minimum atomic E-state index is -0.0193. The average Bonchev–Trinajstić information content (AvgIpc) is 2.95. The Labute approximate surface area is 139 Å². The molecule has 1 fully saturated rings. The third kappa shape index (κ3) is 4.02. The maximum Gasteiger partial charge on any atom is 0.224 e. The summed E-state index contributed by atoms with van der Waals surface area (Å²) in [6.45, 7) is 2.81. The zero-order valence-corrected chi connectivity index (χ0v) is 13.6. The summed E-state index contributed by atoms with van der Waals surface area (Å²) in [5.74, 6) is 0.749. The van der Waals surface area contributed by atoms with Crippen LogP contribution in [0.4, 0.5) is 0 Å². The lowest BCUT2D eigenvalue weighted by Crippen LogP contribution is -2.43. The fraction of sp³-hybridized carbons (Fsp3) is 0.500. The molecule has 1 saturated heterocycles. The van der Waals surface area contributed by atoms with Gasteiger partial charge in [0.1, 0.15) is 5.82 Å². The molecule has 1 aliphatic rings. The summed E-state index contributed by atoms with van der Waals surface area (Å²) >= 11 is 5.96. The molecule has 1 atom stereocenters. The van der Waals surface area contributed by atoms with Gasteiger partial charge in [-0.15, -0.1) is 0 Å². The second-order valence-electron chi connectivity index (χ2n) is 5.93. The van der Waals surface area contributed by atoms with Gasteiger partial charge in [0.25, 0.3) is 0 Å². The van der Waals surface area contributed by atoms with E-state index in [9.17, 15) is 4.79 Å². The Bertz CT molecular complexity index is 686.